The maximum absolute atomic E-state index is 13.3. The van der Waals surface area contributed by atoms with Crippen molar-refractivity contribution in [3.05, 3.63) is 35.6 Å². The monoisotopic (exact) mass is 278 g/mol. The van der Waals surface area contributed by atoms with Crippen molar-refractivity contribution in [2.75, 3.05) is 13.1 Å². The van der Waals surface area contributed by atoms with E-state index >= 15 is 0 Å². The molecular weight excluding hydrogens is 255 g/mol. The van der Waals surface area contributed by atoms with Crippen LogP contribution in [0.4, 0.5) is 9.18 Å². The van der Waals surface area contributed by atoms with Crippen LogP contribution in [-0.4, -0.2) is 24.0 Å². The van der Waals surface area contributed by atoms with Gasteiger partial charge in [-0.05, 0) is 50.3 Å². The van der Waals surface area contributed by atoms with Crippen molar-refractivity contribution in [2.45, 2.75) is 39.2 Å². The zero-order valence-electron chi connectivity index (χ0n) is 12.4. The summed E-state index contributed by atoms with van der Waals surface area (Å²) < 4.78 is 13.3. The molecule has 0 radical (unpaired) electrons. The van der Waals surface area contributed by atoms with Crippen LogP contribution in [0.15, 0.2) is 24.3 Å². The van der Waals surface area contributed by atoms with Gasteiger partial charge in [-0.25, -0.2) is 9.18 Å². The lowest BCUT2D eigenvalue weighted by Gasteiger charge is -2.34. The average Bonchev–Trinajstić information content (AvgIpc) is 2.39. The van der Waals surface area contributed by atoms with E-state index in [1.807, 2.05) is 24.8 Å². The highest BCUT2D eigenvalue weighted by Gasteiger charge is 2.27. The van der Waals surface area contributed by atoms with Crippen LogP contribution in [0.2, 0.25) is 0 Å². The van der Waals surface area contributed by atoms with Gasteiger partial charge in [0.25, 0.3) is 0 Å². The standard InChI is InChI=1S/C16H23FN2O/c1-12-7-9-19(10-8-12)15(20)18-16(2,3)13-5-4-6-14(17)11-13/h4-6,11-12H,7-10H2,1-3H3,(H,18,20). The number of piperidine rings is 1. The third kappa shape index (κ3) is 3.50. The van der Waals surface area contributed by atoms with E-state index in [0.717, 1.165) is 31.5 Å². The van der Waals surface area contributed by atoms with Crippen molar-refractivity contribution in [3.63, 3.8) is 0 Å². The molecule has 2 amide bonds. The van der Waals surface area contributed by atoms with Crippen LogP contribution in [0.3, 0.4) is 0 Å². The van der Waals surface area contributed by atoms with Gasteiger partial charge >= 0.3 is 6.03 Å². The van der Waals surface area contributed by atoms with Gasteiger partial charge in [0.15, 0.2) is 0 Å². The molecule has 1 aliphatic heterocycles. The summed E-state index contributed by atoms with van der Waals surface area (Å²) in [5, 5.41) is 3.00. The predicted octanol–water partition coefficient (Wildman–Crippen LogP) is 3.50. The number of benzene rings is 1. The van der Waals surface area contributed by atoms with E-state index in [2.05, 4.69) is 12.2 Å². The van der Waals surface area contributed by atoms with Crippen molar-refractivity contribution in [2.24, 2.45) is 5.92 Å². The van der Waals surface area contributed by atoms with E-state index in [-0.39, 0.29) is 11.8 Å². The van der Waals surface area contributed by atoms with Crippen molar-refractivity contribution >= 4 is 6.03 Å². The van der Waals surface area contributed by atoms with Crippen LogP contribution >= 0.6 is 0 Å². The number of likely N-dealkylation sites (tertiary alicyclic amines) is 1. The summed E-state index contributed by atoms with van der Waals surface area (Å²) in [7, 11) is 0. The fourth-order valence-electron chi connectivity index (χ4n) is 2.51. The van der Waals surface area contributed by atoms with E-state index in [0.29, 0.717) is 5.92 Å². The highest BCUT2D eigenvalue weighted by Crippen LogP contribution is 2.22. The molecule has 1 saturated heterocycles. The number of carbonyl (C=O) groups is 1. The molecular formula is C16H23FN2O. The molecule has 1 aromatic carbocycles. The van der Waals surface area contributed by atoms with E-state index in [9.17, 15) is 9.18 Å². The summed E-state index contributed by atoms with van der Waals surface area (Å²) in [6.07, 6.45) is 2.10. The fraction of sp³-hybridized carbons (Fsp3) is 0.562. The number of urea groups is 1. The summed E-state index contributed by atoms with van der Waals surface area (Å²) in [5.41, 5.74) is 0.193. The second kappa shape index (κ2) is 5.81. The lowest BCUT2D eigenvalue weighted by molar-refractivity contribution is 0.164. The molecule has 0 bridgehead atoms. The third-order valence-electron chi connectivity index (χ3n) is 4.04. The number of hydrogen-bond acceptors (Lipinski definition) is 1. The Bertz CT molecular complexity index is 479. The zero-order valence-corrected chi connectivity index (χ0v) is 12.4. The Morgan fingerprint density at radius 2 is 2.00 bits per heavy atom. The Morgan fingerprint density at radius 1 is 1.35 bits per heavy atom. The van der Waals surface area contributed by atoms with Crippen molar-refractivity contribution < 1.29 is 9.18 Å². The molecule has 1 fully saturated rings. The number of rotatable bonds is 2. The first-order valence-corrected chi connectivity index (χ1v) is 7.21. The molecule has 1 aliphatic rings. The summed E-state index contributed by atoms with van der Waals surface area (Å²) in [4.78, 5) is 14.1. The van der Waals surface area contributed by atoms with Crippen LogP contribution < -0.4 is 5.32 Å². The molecule has 0 atom stereocenters. The molecule has 1 N–H and O–H groups in total. The average molecular weight is 278 g/mol. The molecule has 1 aromatic rings. The van der Waals surface area contributed by atoms with Gasteiger partial charge in [0.05, 0.1) is 5.54 Å². The van der Waals surface area contributed by atoms with Gasteiger partial charge in [0.1, 0.15) is 5.82 Å². The number of nitrogens with one attached hydrogen (secondary N) is 1. The molecule has 0 saturated carbocycles. The van der Waals surface area contributed by atoms with Gasteiger partial charge in [-0.3, -0.25) is 0 Å². The Balaban J connectivity index is 2.02. The third-order valence-corrected chi connectivity index (χ3v) is 4.04. The summed E-state index contributed by atoms with van der Waals surface area (Å²) in [6.45, 7) is 7.60. The largest absolute Gasteiger partial charge is 0.329 e. The molecule has 0 aliphatic carbocycles. The summed E-state index contributed by atoms with van der Waals surface area (Å²) >= 11 is 0. The number of amides is 2. The molecule has 3 nitrogen and oxygen atoms in total. The van der Waals surface area contributed by atoms with Gasteiger partial charge in [-0.1, -0.05) is 19.1 Å². The Hall–Kier alpha value is -1.58. The molecule has 0 aromatic heterocycles. The minimum atomic E-state index is -0.581. The van der Waals surface area contributed by atoms with Crippen LogP contribution in [-0.2, 0) is 5.54 Å². The normalized spacial score (nSPS) is 17.1. The maximum Gasteiger partial charge on any atom is 0.318 e. The van der Waals surface area contributed by atoms with E-state index in [1.165, 1.54) is 12.1 Å². The predicted molar refractivity (Wildman–Crippen MR) is 77.9 cm³/mol. The van der Waals surface area contributed by atoms with Gasteiger partial charge in [-0.2, -0.15) is 0 Å². The van der Waals surface area contributed by atoms with Crippen molar-refractivity contribution in [1.82, 2.24) is 10.2 Å². The maximum atomic E-state index is 13.3. The number of nitrogens with zero attached hydrogens (tertiary/aromatic N) is 1. The Morgan fingerprint density at radius 3 is 2.60 bits per heavy atom. The fourth-order valence-corrected chi connectivity index (χ4v) is 2.51. The van der Waals surface area contributed by atoms with E-state index in [4.69, 9.17) is 0 Å². The molecule has 2 rings (SSSR count). The van der Waals surface area contributed by atoms with Crippen LogP contribution in [0.25, 0.3) is 0 Å². The molecule has 110 valence electrons. The number of halogens is 1. The molecule has 1 heterocycles. The lowest BCUT2D eigenvalue weighted by atomic mass is 9.94. The quantitative estimate of drug-likeness (QED) is 0.882. The first kappa shape index (κ1) is 14.8. The van der Waals surface area contributed by atoms with Gasteiger partial charge in [0.2, 0.25) is 0 Å². The first-order valence-electron chi connectivity index (χ1n) is 7.21. The molecule has 4 heteroatoms. The van der Waals surface area contributed by atoms with Gasteiger partial charge in [0, 0.05) is 13.1 Å². The molecule has 0 spiro atoms. The SMILES string of the molecule is CC1CCN(C(=O)NC(C)(C)c2cccc(F)c2)CC1. The zero-order chi connectivity index (χ0) is 14.8. The minimum Gasteiger partial charge on any atom is -0.329 e. The molecule has 20 heavy (non-hydrogen) atoms. The highest BCUT2D eigenvalue weighted by atomic mass is 19.1. The summed E-state index contributed by atoms with van der Waals surface area (Å²) in [5.74, 6) is 0.409. The van der Waals surface area contributed by atoms with Crippen LogP contribution in [0.5, 0.6) is 0 Å². The Kier molecular flexibility index (Phi) is 4.31. The Labute approximate surface area is 120 Å². The smallest absolute Gasteiger partial charge is 0.318 e. The minimum absolute atomic E-state index is 0.0637. The topological polar surface area (TPSA) is 32.3 Å². The second-order valence-electron chi connectivity index (χ2n) is 6.24. The molecule has 0 unspecified atom stereocenters. The van der Waals surface area contributed by atoms with Gasteiger partial charge < -0.3 is 10.2 Å². The summed E-state index contributed by atoms with van der Waals surface area (Å²) in [6, 6.07) is 6.32. The first-order chi connectivity index (χ1) is 9.38. The highest BCUT2D eigenvalue weighted by molar-refractivity contribution is 5.75. The van der Waals surface area contributed by atoms with Crippen molar-refractivity contribution in [1.29, 1.82) is 0 Å². The second-order valence-corrected chi connectivity index (χ2v) is 6.24. The number of hydrogen-bond donors (Lipinski definition) is 1. The lowest BCUT2D eigenvalue weighted by Crippen LogP contribution is -2.50. The van der Waals surface area contributed by atoms with E-state index < -0.39 is 5.54 Å². The van der Waals surface area contributed by atoms with Gasteiger partial charge in [-0.15, -0.1) is 0 Å². The number of carbonyl (C=O) groups excluding carboxylic acids is 1. The van der Waals surface area contributed by atoms with Crippen molar-refractivity contribution in [3.8, 4) is 0 Å². The van der Waals surface area contributed by atoms with Crippen LogP contribution in [0, 0.1) is 11.7 Å². The van der Waals surface area contributed by atoms with E-state index in [1.54, 1.807) is 6.07 Å². The van der Waals surface area contributed by atoms with Crippen LogP contribution in [0.1, 0.15) is 39.2 Å².